The van der Waals surface area contributed by atoms with E-state index >= 15 is 0 Å². The molecule has 0 fully saturated rings. The summed E-state index contributed by atoms with van der Waals surface area (Å²) < 4.78 is 0. The molecule has 0 bridgehead atoms. The van der Waals surface area contributed by atoms with Gasteiger partial charge in [-0.3, -0.25) is 4.79 Å². The van der Waals surface area contributed by atoms with E-state index in [0.717, 1.165) is 0 Å². The van der Waals surface area contributed by atoms with Gasteiger partial charge in [-0.25, -0.2) is 5.90 Å². The monoisotopic (exact) mass is 129 g/mol. The van der Waals surface area contributed by atoms with E-state index in [0.29, 0.717) is 12.0 Å². The summed E-state index contributed by atoms with van der Waals surface area (Å²) in [7, 11) is 0. The molecule has 0 saturated heterocycles. The molecule has 3 nitrogen and oxygen atoms in total. The van der Waals surface area contributed by atoms with Crippen LogP contribution in [0.25, 0.3) is 0 Å². The molecule has 0 saturated carbocycles. The van der Waals surface area contributed by atoms with Gasteiger partial charge in [0.25, 0.3) is 0 Å². The van der Waals surface area contributed by atoms with Gasteiger partial charge >= 0.3 is 0 Å². The van der Waals surface area contributed by atoms with Crippen molar-refractivity contribution in [3.8, 4) is 0 Å². The Hall–Kier alpha value is -0.670. The van der Waals surface area contributed by atoms with Gasteiger partial charge in [0.1, 0.15) is 0 Å². The summed E-state index contributed by atoms with van der Waals surface area (Å²) in [5.74, 6) is 4.70. The lowest BCUT2D eigenvalue weighted by Gasteiger charge is -1.95. The molecule has 0 aliphatic heterocycles. The van der Waals surface area contributed by atoms with Crippen LogP contribution < -0.4 is 5.90 Å². The first-order chi connectivity index (χ1) is 4.18. The Bertz CT molecular complexity index is 120. The smallest absolute Gasteiger partial charge is 0.160 e. The van der Waals surface area contributed by atoms with Crippen LogP contribution >= 0.6 is 0 Å². The van der Waals surface area contributed by atoms with Gasteiger partial charge in [0.2, 0.25) is 0 Å². The maximum absolute atomic E-state index is 10.7. The number of allylic oxidation sites excluding steroid dienone is 1. The van der Waals surface area contributed by atoms with Gasteiger partial charge in [0.05, 0.1) is 6.61 Å². The molecule has 0 aliphatic rings. The van der Waals surface area contributed by atoms with Gasteiger partial charge in [-0.15, -0.1) is 0 Å². The van der Waals surface area contributed by atoms with Crippen LogP contribution in [-0.4, -0.2) is 12.4 Å². The van der Waals surface area contributed by atoms with Gasteiger partial charge in [-0.05, 0) is 12.5 Å². The molecular weight excluding hydrogens is 118 g/mol. The van der Waals surface area contributed by atoms with E-state index in [-0.39, 0.29) is 12.4 Å². The van der Waals surface area contributed by atoms with E-state index in [4.69, 9.17) is 5.90 Å². The Balaban J connectivity index is 3.39. The van der Waals surface area contributed by atoms with Crippen molar-refractivity contribution in [2.24, 2.45) is 5.90 Å². The minimum absolute atomic E-state index is 0.000417. The highest BCUT2D eigenvalue weighted by Gasteiger charge is 1.99. The van der Waals surface area contributed by atoms with Crippen LogP contribution in [0.3, 0.4) is 0 Å². The van der Waals surface area contributed by atoms with Crippen molar-refractivity contribution in [1.82, 2.24) is 0 Å². The summed E-state index contributed by atoms with van der Waals surface area (Å²) in [5, 5.41) is 0. The van der Waals surface area contributed by atoms with Crippen molar-refractivity contribution >= 4 is 5.78 Å². The largest absolute Gasteiger partial charge is 0.304 e. The lowest BCUT2D eigenvalue weighted by Crippen LogP contribution is -2.07. The van der Waals surface area contributed by atoms with Crippen molar-refractivity contribution in [1.29, 1.82) is 0 Å². The summed E-state index contributed by atoms with van der Waals surface area (Å²) in [6.07, 6.45) is 0.325. The van der Waals surface area contributed by atoms with E-state index in [9.17, 15) is 4.79 Å². The van der Waals surface area contributed by atoms with E-state index in [1.165, 1.54) is 0 Å². The Kier molecular flexibility index (Phi) is 3.92. The summed E-state index contributed by atoms with van der Waals surface area (Å²) in [4.78, 5) is 14.9. The third-order valence-electron chi connectivity index (χ3n) is 0.923. The first kappa shape index (κ1) is 8.33. The van der Waals surface area contributed by atoms with Crippen LogP contribution in [0.1, 0.15) is 13.3 Å². The number of rotatable bonds is 4. The molecule has 3 heteroatoms. The van der Waals surface area contributed by atoms with E-state index in [1.807, 2.05) is 0 Å². The fourth-order valence-corrected chi connectivity index (χ4v) is 0.365. The van der Waals surface area contributed by atoms with Crippen molar-refractivity contribution in [2.45, 2.75) is 13.3 Å². The maximum Gasteiger partial charge on any atom is 0.160 e. The van der Waals surface area contributed by atoms with Gasteiger partial charge in [-0.2, -0.15) is 0 Å². The van der Waals surface area contributed by atoms with Crippen LogP contribution in [0.15, 0.2) is 12.2 Å². The number of carbonyl (C=O) groups is 1. The molecule has 0 unspecified atom stereocenters. The average molecular weight is 129 g/mol. The van der Waals surface area contributed by atoms with Crippen LogP contribution in [0.5, 0.6) is 0 Å². The molecule has 0 rings (SSSR count). The van der Waals surface area contributed by atoms with Crippen molar-refractivity contribution in [3.63, 3.8) is 0 Å². The molecule has 2 N–H and O–H groups in total. The molecule has 0 heterocycles. The molecule has 0 atom stereocenters. The molecule has 0 amide bonds. The Labute approximate surface area is 54.4 Å². The van der Waals surface area contributed by atoms with Gasteiger partial charge in [0.15, 0.2) is 5.78 Å². The summed E-state index contributed by atoms with van der Waals surface area (Å²) in [6, 6.07) is 0. The minimum Gasteiger partial charge on any atom is -0.304 e. The second kappa shape index (κ2) is 4.23. The fraction of sp³-hybridized carbons (Fsp3) is 0.500. The zero-order valence-electron chi connectivity index (χ0n) is 5.52. The van der Waals surface area contributed by atoms with E-state index in [2.05, 4.69) is 11.4 Å². The third kappa shape index (κ3) is 3.88. The highest BCUT2D eigenvalue weighted by atomic mass is 16.6. The fourth-order valence-electron chi connectivity index (χ4n) is 0.365. The topological polar surface area (TPSA) is 52.3 Å². The molecule has 52 valence electrons. The molecule has 0 aromatic carbocycles. The first-order valence-corrected chi connectivity index (χ1v) is 2.69. The van der Waals surface area contributed by atoms with Crippen molar-refractivity contribution in [3.05, 3.63) is 12.2 Å². The first-order valence-electron chi connectivity index (χ1n) is 2.69. The molecule has 9 heavy (non-hydrogen) atoms. The van der Waals surface area contributed by atoms with Crippen LogP contribution in [0, 0.1) is 0 Å². The lowest BCUT2D eigenvalue weighted by atomic mass is 10.2. The average Bonchev–Trinajstić information content (AvgIpc) is 1.82. The molecule has 0 aliphatic carbocycles. The number of Topliss-reactive ketones (excluding diaryl/α,β-unsaturated/α-hetero) is 1. The summed E-state index contributed by atoms with van der Waals surface area (Å²) in [6.45, 7) is 5.40. The standard InChI is InChI=1S/C6H11NO2/c1-5(2)6(8)3-4-9-7/h1,3-4,7H2,2H3. The number of hydrogen-bond acceptors (Lipinski definition) is 3. The number of nitrogens with two attached hydrogens (primary N) is 1. The number of hydrogen-bond donors (Lipinski definition) is 1. The van der Waals surface area contributed by atoms with Crippen molar-refractivity contribution in [2.75, 3.05) is 6.61 Å². The molecule has 0 aromatic rings. The Morgan fingerprint density at radius 1 is 1.78 bits per heavy atom. The van der Waals surface area contributed by atoms with E-state index < -0.39 is 0 Å². The van der Waals surface area contributed by atoms with Gasteiger partial charge in [-0.1, -0.05) is 6.58 Å². The highest BCUT2D eigenvalue weighted by molar-refractivity contribution is 5.94. The predicted octanol–water partition coefficient (Wildman–Crippen LogP) is 0.412. The number of ketones is 1. The van der Waals surface area contributed by atoms with Crippen LogP contribution in [-0.2, 0) is 9.63 Å². The van der Waals surface area contributed by atoms with Gasteiger partial charge in [0, 0.05) is 6.42 Å². The number of carbonyl (C=O) groups excluding carboxylic acids is 1. The third-order valence-corrected chi connectivity index (χ3v) is 0.923. The molecule has 0 spiro atoms. The Morgan fingerprint density at radius 3 is 2.67 bits per heavy atom. The van der Waals surface area contributed by atoms with Gasteiger partial charge < -0.3 is 4.84 Å². The summed E-state index contributed by atoms with van der Waals surface area (Å²) >= 11 is 0. The van der Waals surface area contributed by atoms with Crippen LogP contribution in [0.2, 0.25) is 0 Å². The second-order valence-electron chi connectivity index (χ2n) is 1.82. The zero-order valence-corrected chi connectivity index (χ0v) is 5.52. The normalized spacial score (nSPS) is 9.11. The maximum atomic E-state index is 10.7. The van der Waals surface area contributed by atoms with Crippen molar-refractivity contribution < 1.29 is 9.63 Å². The quantitative estimate of drug-likeness (QED) is 0.442. The summed E-state index contributed by atoms with van der Waals surface area (Å²) in [5.41, 5.74) is 0.548. The second-order valence-corrected chi connectivity index (χ2v) is 1.82. The molecular formula is C6H11NO2. The van der Waals surface area contributed by atoms with E-state index in [1.54, 1.807) is 6.92 Å². The Morgan fingerprint density at radius 2 is 2.33 bits per heavy atom. The molecule has 0 aromatic heterocycles. The lowest BCUT2D eigenvalue weighted by molar-refractivity contribution is -0.116. The minimum atomic E-state index is 0.000417. The van der Waals surface area contributed by atoms with Crippen LogP contribution in [0.4, 0.5) is 0 Å². The SMILES string of the molecule is C=C(C)C(=O)CCON. The zero-order chi connectivity index (χ0) is 7.28. The molecule has 0 radical (unpaired) electrons. The predicted molar refractivity (Wildman–Crippen MR) is 34.6 cm³/mol. The highest BCUT2D eigenvalue weighted by Crippen LogP contribution is 1.93.